The summed E-state index contributed by atoms with van der Waals surface area (Å²) in [6.45, 7) is 8.58. The van der Waals surface area contributed by atoms with Crippen molar-refractivity contribution in [1.29, 1.82) is 0 Å². The second-order valence-corrected chi connectivity index (χ2v) is 8.29. The summed E-state index contributed by atoms with van der Waals surface area (Å²) in [4.78, 5) is 0.251. The Morgan fingerprint density at radius 1 is 1.04 bits per heavy atom. The van der Waals surface area contributed by atoms with Gasteiger partial charge >= 0.3 is 0 Å². The highest BCUT2D eigenvalue weighted by atomic mass is 32.2. The van der Waals surface area contributed by atoms with Gasteiger partial charge in [0.2, 0.25) is 10.0 Å². The summed E-state index contributed by atoms with van der Waals surface area (Å²) in [5.74, 6) is 0. The molecule has 2 N–H and O–H groups in total. The van der Waals surface area contributed by atoms with Crippen LogP contribution in [0.1, 0.15) is 25.0 Å². The molecule has 0 aliphatic heterocycles. The maximum Gasteiger partial charge on any atom is 0.243 e. The lowest BCUT2D eigenvalue weighted by molar-refractivity contribution is 0.445. The number of thiocarbonyl (C=S) groups is 1. The Labute approximate surface area is 161 Å². The fraction of sp³-hybridized carbons (Fsp3) is 0.316. The molecule has 0 radical (unpaired) electrons. The van der Waals surface area contributed by atoms with E-state index in [-0.39, 0.29) is 4.90 Å². The van der Waals surface area contributed by atoms with Crippen molar-refractivity contribution >= 4 is 38.7 Å². The second-order valence-electron chi connectivity index (χ2n) is 5.94. The van der Waals surface area contributed by atoms with E-state index in [0.717, 1.165) is 11.3 Å². The predicted octanol–water partition coefficient (Wildman–Crippen LogP) is 4.14. The number of aryl methyl sites for hydroxylation is 1. The third kappa shape index (κ3) is 4.60. The van der Waals surface area contributed by atoms with Crippen LogP contribution >= 0.6 is 12.2 Å². The number of hydrogen-bond donors (Lipinski definition) is 2. The van der Waals surface area contributed by atoms with Crippen molar-refractivity contribution in [3.8, 4) is 0 Å². The molecule has 26 heavy (non-hydrogen) atoms. The number of hydrogen-bond acceptors (Lipinski definition) is 3. The summed E-state index contributed by atoms with van der Waals surface area (Å²) >= 11 is 5.37. The average Bonchev–Trinajstić information content (AvgIpc) is 2.60. The van der Waals surface area contributed by atoms with E-state index in [1.807, 2.05) is 45.9 Å². The maximum absolute atomic E-state index is 12.7. The first-order chi connectivity index (χ1) is 12.3. The highest BCUT2D eigenvalue weighted by Gasteiger charge is 2.21. The summed E-state index contributed by atoms with van der Waals surface area (Å²) < 4.78 is 26.7. The molecule has 2 rings (SSSR count). The van der Waals surface area contributed by atoms with E-state index < -0.39 is 10.0 Å². The zero-order valence-electron chi connectivity index (χ0n) is 15.5. The zero-order chi connectivity index (χ0) is 19.3. The molecule has 5 nitrogen and oxygen atoms in total. The molecule has 0 atom stereocenters. The molecule has 2 aromatic rings. The van der Waals surface area contributed by atoms with Crippen molar-refractivity contribution in [2.75, 3.05) is 23.7 Å². The molecule has 0 heterocycles. The third-order valence-corrected chi connectivity index (χ3v) is 6.54. The lowest BCUT2D eigenvalue weighted by Gasteiger charge is -2.19. The van der Waals surface area contributed by atoms with E-state index >= 15 is 0 Å². The highest BCUT2D eigenvalue weighted by molar-refractivity contribution is 7.89. The van der Waals surface area contributed by atoms with E-state index in [1.165, 1.54) is 9.87 Å². The Morgan fingerprint density at radius 2 is 1.69 bits per heavy atom. The molecule has 7 heteroatoms. The zero-order valence-corrected chi connectivity index (χ0v) is 17.2. The van der Waals surface area contributed by atoms with Gasteiger partial charge in [-0.15, -0.1) is 0 Å². The maximum atomic E-state index is 12.7. The van der Waals surface area contributed by atoms with Gasteiger partial charge in [0.05, 0.1) is 4.90 Å². The normalized spacial score (nSPS) is 11.4. The molecular weight excluding hydrogens is 366 g/mol. The van der Waals surface area contributed by atoms with Crippen LogP contribution in [0.4, 0.5) is 11.4 Å². The Kier molecular flexibility index (Phi) is 6.75. The lowest BCUT2D eigenvalue weighted by Crippen LogP contribution is -2.30. The Balaban J connectivity index is 2.18. The largest absolute Gasteiger partial charge is 0.332 e. The van der Waals surface area contributed by atoms with Crippen LogP contribution in [0, 0.1) is 13.8 Å². The van der Waals surface area contributed by atoms with Gasteiger partial charge in [-0.3, -0.25) is 0 Å². The SMILES string of the molecule is CCN(CC)S(=O)(=O)c1cccc(NC(=S)Nc2cccc(C)c2C)c1. The predicted molar refractivity (Wildman–Crippen MR) is 112 cm³/mol. The van der Waals surface area contributed by atoms with Gasteiger partial charge in [0.1, 0.15) is 0 Å². The molecule has 140 valence electrons. The van der Waals surface area contributed by atoms with Crippen LogP contribution in [0.25, 0.3) is 0 Å². The van der Waals surface area contributed by atoms with Gasteiger partial charge in [-0.1, -0.05) is 32.0 Å². The van der Waals surface area contributed by atoms with Gasteiger partial charge in [-0.2, -0.15) is 4.31 Å². The summed E-state index contributed by atoms with van der Waals surface area (Å²) in [7, 11) is -3.50. The molecule has 0 aliphatic carbocycles. The van der Waals surface area contributed by atoms with E-state index in [0.29, 0.717) is 23.9 Å². The first-order valence-electron chi connectivity index (χ1n) is 8.54. The van der Waals surface area contributed by atoms with Crippen LogP contribution in [0.3, 0.4) is 0 Å². The van der Waals surface area contributed by atoms with Gasteiger partial charge in [-0.05, 0) is 61.5 Å². The van der Waals surface area contributed by atoms with Crippen LogP contribution < -0.4 is 10.6 Å². The number of nitrogens with zero attached hydrogens (tertiary/aromatic N) is 1. The molecule has 0 spiro atoms. The quantitative estimate of drug-likeness (QED) is 0.725. The first-order valence-corrected chi connectivity index (χ1v) is 10.4. The summed E-state index contributed by atoms with van der Waals surface area (Å²) in [5, 5.41) is 6.64. The monoisotopic (exact) mass is 391 g/mol. The number of rotatable bonds is 6. The fourth-order valence-electron chi connectivity index (χ4n) is 2.62. The minimum absolute atomic E-state index is 0.251. The molecule has 0 saturated heterocycles. The van der Waals surface area contributed by atoms with Crippen molar-refractivity contribution in [3.63, 3.8) is 0 Å². The van der Waals surface area contributed by atoms with Crippen LogP contribution in [-0.4, -0.2) is 30.9 Å². The van der Waals surface area contributed by atoms with Gasteiger partial charge in [0.15, 0.2) is 5.11 Å². The second kappa shape index (κ2) is 8.62. The summed E-state index contributed by atoms with van der Waals surface area (Å²) in [5.41, 5.74) is 3.84. The molecule has 0 aromatic heterocycles. The van der Waals surface area contributed by atoms with Crippen molar-refractivity contribution in [2.24, 2.45) is 0 Å². The van der Waals surface area contributed by atoms with E-state index in [2.05, 4.69) is 10.6 Å². The van der Waals surface area contributed by atoms with Crippen LogP contribution in [0.5, 0.6) is 0 Å². The summed E-state index contributed by atoms with van der Waals surface area (Å²) in [6, 6.07) is 12.7. The van der Waals surface area contributed by atoms with E-state index in [4.69, 9.17) is 12.2 Å². The molecule has 0 unspecified atom stereocenters. The van der Waals surface area contributed by atoms with Crippen molar-refractivity contribution < 1.29 is 8.42 Å². The van der Waals surface area contributed by atoms with Gasteiger partial charge in [0, 0.05) is 24.5 Å². The van der Waals surface area contributed by atoms with Crippen LogP contribution in [0.15, 0.2) is 47.4 Å². The standard InChI is InChI=1S/C19H25N3O2S2/c1-5-22(6-2)26(23,24)17-11-8-10-16(13-17)20-19(25)21-18-12-7-9-14(3)15(18)4/h7-13H,5-6H2,1-4H3,(H2,20,21,25). The topological polar surface area (TPSA) is 61.4 Å². The van der Waals surface area contributed by atoms with Crippen molar-refractivity contribution in [2.45, 2.75) is 32.6 Å². The van der Waals surface area contributed by atoms with E-state index in [1.54, 1.807) is 24.3 Å². The average molecular weight is 392 g/mol. The first kappa shape index (κ1) is 20.4. The Bertz CT molecular complexity index is 891. The highest BCUT2D eigenvalue weighted by Crippen LogP contribution is 2.21. The van der Waals surface area contributed by atoms with Gasteiger partial charge in [-0.25, -0.2) is 8.42 Å². The number of nitrogens with one attached hydrogen (secondary N) is 2. The van der Waals surface area contributed by atoms with Gasteiger partial charge in [0.25, 0.3) is 0 Å². The molecule has 0 amide bonds. The van der Waals surface area contributed by atoms with Crippen LogP contribution in [-0.2, 0) is 10.0 Å². The third-order valence-electron chi connectivity index (χ3n) is 4.29. The molecule has 0 fully saturated rings. The fourth-order valence-corrected chi connectivity index (χ4v) is 4.35. The van der Waals surface area contributed by atoms with Crippen molar-refractivity contribution in [3.05, 3.63) is 53.6 Å². The minimum Gasteiger partial charge on any atom is -0.332 e. The Morgan fingerprint density at radius 3 is 2.35 bits per heavy atom. The Hall–Kier alpha value is -1.96. The molecule has 0 saturated carbocycles. The van der Waals surface area contributed by atoms with Crippen molar-refractivity contribution in [1.82, 2.24) is 4.31 Å². The number of benzene rings is 2. The minimum atomic E-state index is -3.50. The lowest BCUT2D eigenvalue weighted by atomic mass is 10.1. The number of sulfonamides is 1. The summed E-state index contributed by atoms with van der Waals surface area (Å²) in [6.07, 6.45) is 0. The molecule has 2 aromatic carbocycles. The molecule has 0 aliphatic rings. The van der Waals surface area contributed by atoms with Gasteiger partial charge < -0.3 is 10.6 Å². The molecule has 0 bridgehead atoms. The number of anilines is 2. The molecular formula is C19H25N3O2S2. The van der Waals surface area contributed by atoms with Crippen LogP contribution in [0.2, 0.25) is 0 Å². The smallest absolute Gasteiger partial charge is 0.243 e. The van der Waals surface area contributed by atoms with E-state index in [9.17, 15) is 8.42 Å².